The van der Waals surface area contributed by atoms with Crippen LogP contribution in [0.4, 0.5) is 0 Å². The molecule has 0 fully saturated rings. The van der Waals surface area contributed by atoms with Crippen LogP contribution >= 0.6 is 24.8 Å². The summed E-state index contributed by atoms with van der Waals surface area (Å²) in [6.07, 6.45) is 0. The Balaban J connectivity index is 0.00000162. The molecule has 0 aliphatic carbocycles. The van der Waals surface area contributed by atoms with Crippen molar-refractivity contribution in [3.63, 3.8) is 0 Å². The van der Waals surface area contributed by atoms with Crippen LogP contribution in [0.2, 0.25) is 0 Å². The standard InChI is InChI=1S/C12H14N2O3.2ClH/c1-17-12(16)8-2-3-9-7-14(5-4-13)11(15)10(9)6-8;;/h2-3,6H,4-5,7,13H2,1H3;2*1H. The summed E-state index contributed by atoms with van der Waals surface area (Å²) in [6.45, 7) is 1.53. The van der Waals surface area contributed by atoms with Gasteiger partial charge < -0.3 is 15.4 Å². The zero-order chi connectivity index (χ0) is 12.4. The molecule has 0 bridgehead atoms. The van der Waals surface area contributed by atoms with E-state index in [2.05, 4.69) is 4.74 Å². The lowest BCUT2D eigenvalue weighted by Crippen LogP contribution is -2.29. The van der Waals surface area contributed by atoms with Crippen LogP contribution in [0, 0.1) is 0 Å². The summed E-state index contributed by atoms with van der Waals surface area (Å²) in [5.74, 6) is -0.505. The molecule has 1 heterocycles. The number of nitrogens with zero attached hydrogens (tertiary/aromatic N) is 1. The minimum Gasteiger partial charge on any atom is -0.465 e. The zero-order valence-electron chi connectivity index (χ0n) is 10.4. The Morgan fingerprint density at radius 1 is 1.42 bits per heavy atom. The maximum Gasteiger partial charge on any atom is 0.337 e. The third-order valence-corrected chi connectivity index (χ3v) is 2.81. The van der Waals surface area contributed by atoms with Crippen molar-refractivity contribution in [1.82, 2.24) is 4.90 Å². The molecule has 1 amide bonds. The van der Waals surface area contributed by atoms with Crippen molar-refractivity contribution in [2.24, 2.45) is 5.73 Å². The zero-order valence-corrected chi connectivity index (χ0v) is 12.1. The number of carbonyl (C=O) groups excluding carboxylic acids is 2. The van der Waals surface area contributed by atoms with E-state index in [4.69, 9.17) is 5.73 Å². The van der Waals surface area contributed by atoms with Crippen molar-refractivity contribution < 1.29 is 14.3 Å². The van der Waals surface area contributed by atoms with Gasteiger partial charge in [0.1, 0.15) is 0 Å². The normalized spacial score (nSPS) is 12.3. The van der Waals surface area contributed by atoms with E-state index in [0.717, 1.165) is 5.56 Å². The molecule has 106 valence electrons. The predicted octanol–water partition coefficient (Wildman–Crippen LogP) is 1.23. The van der Waals surface area contributed by atoms with E-state index < -0.39 is 5.97 Å². The fraction of sp³-hybridized carbons (Fsp3) is 0.333. The van der Waals surface area contributed by atoms with Crippen LogP contribution in [0.25, 0.3) is 0 Å². The molecule has 0 radical (unpaired) electrons. The van der Waals surface area contributed by atoms with E-state index >= 15 is 0 Å². The second-order valence-electron chi connectivity index (χ2n) is 3.88. The highest BCUT2D eigenvalue weighted by atomic mass is 35.5. The van der Waals surface area contributed by atoms with Crippen molar-refractivity contribution in [1.29, 1.82) is 0 Å². The van der Waals surface area contributed by atoms with Gasteiger partial charge in [-0.25, -0.2) is 4.79 Å². The fourth-order valence-corrected chi connectivity index (χ4v) is 1.94. The first-order valence-corrected chi connectivity index (χ1v) is 5.38. The maximum atomic E-state index is 12.0. The molecular weight excluding hydrogens is 291 g/mol. The smallest absolute Gasteiger partial charge is 0.337 e. The maximum absolute atomic E-state index is 12.0. The minimum atomic E-state index is -0.433. The highest BCUT2D eigenvalue weighted by molar-refractivity contribution is 6.01. The highest BCUT2D eigenvalue weighted by Gasteiger charge is 2.27. The van der Waals surface area contributed by atoms with E-state index in [9.17, 15) is 9.59 Å². The van der Waals surface area contributed by atoms with Gasteiger partial charge in [-0.05, 0) is 17.7 Å². The van der Waals surface area contributed by atoms with Crippen LogP contribution in [0.1, 0.15) is 26.3 Å². The number of halogens is 2. The molecule has 0 unspecified atom stereocenters. The van der Waals surface area contributed by atoms with Gasteiger partial charge in [0.05, 0.1) is 12.7 Å². The molecule has 0 saturated carbocycles. The van der Waals surface area contributed by atoms with E-state index in [1.165, 1.54) is 7.11 Å². The first-order chi connectivity index (χ1) is 8.17. The monoisotopic (exact) mass is 306 g/mol. The fourth-order valence-electron chi connectivity index (χ4n) is 1.94. The summed E-state index contributed by atoms with van der Waals surface area (Å²) in [7, 11) is 1.32. The minimum absolute atomic E-state index is 0. The Kier molecular flexibility index (Phi) is 6.83. The molecule has 5 nitrogen and oxygen atoms in total. The van der Waals surface area contributed by atoms with E-state index in [1.807, 2.05) is 0 Å². The van der Waals surface area contributed by atoms with Gasteiger partial charge in [-0.3, -0.25) is 4.79 Å². The molecule has 19 heavy (non-hydrogen) atoms. The van der Waals surface area contributed by atoms with Crippen molar-refractivity contribution in [2.45, 2.75) is 6.54 Å². The number of benzene rings is 1. The number of amides is 1. The third kappa shape index (κ3) is 3.37. The Labute approximate surface area is 123 Å². The van der Waals surface area contributed by atoms with Crippen LogP contribution < -0.4 is 5.73 Å². The van der Waals surface area contributed by atoms with Gasteiger partial charge in [-0.2, -0.15) is 0 Å². The van der Waals surface area contributed by atoms with E-state index in [1.54, 1.807) is 23.1 Å². The van der Waals surface area contributed by atoms with Crippen molar-refractivity contribution in [3.8, 4) is 0 Å². The third-order valence-electron chi connectivity index (χ3n) is 2.81. The molecule has 2 rings (SSSR count). The van der Waals surface area contributed by atoms with Crippen LogP contribution in [-0.4, -0.2) is 37.0 Å². The Hall–Kier alpha value is -1.30. The van der Waals surface area contributed by atoms with Crippen molar-refractivity contribution in [2.75, 3.05) is 20.2 Å². The summed E-state index contributed by atoms with van der Waals surface area (Å²) in [6, 6.07) is 5.04. The van der Waals surface area contributed by atoms with Crippen molar-refractivity contribution >= 4 is 36.7 Å². The molecule has 1 aliphatic heterocycles. The average Bonchev–Trinajstić information content (AvgIpc) is 2.66. The number of carbonyl (C=O) groups is 2. The van der Waals surface area contributed by atoms with Crippen LogP contribution in [-0.2, 0) is 11.3 Å². The number of ether oxygens (including phenoxy) is 1. The number of rotatable bonds is 3. The van der Waals surface area contributed by atoms with Gasteiger partial charge in [-0.15, -0.1) is 24.8 Å². The van der Waals surface area contributed by atoms with E-state index in [-0.39, 0.29) is 30.7 Å². The van der Waals surface area contributed by atoms with Crippen molar-refractivity contribution in [3.05, 3.63) is 34.9 Å². The second-order valence-corrected chi connectivity index (χ2v) is 3.88. The number of fused-ring (bicyclic) bond motifs is 1. The molecule has 7 heteroatoms. The van der Waals surface area contributed by atoms with Crippen LogP contribution in [0.15, 0.2) is 18.2 Å². The second kappa shape index (κ2) is 7.33. The van der Waals surface area contributed by atoms with Gasteiger partial charge >= 0.3 is 5.97 Å². The molecule has 0 atom stereocenters. The lowest BCUT2D eigenvalue weighted by molar-refractivity contribution is 0.0600. The lowest BCUT2D eigenvalue weighted by Gasteiger charge is -2.13. The number of esters is 1. The Morgan fingerprint density at radius 3 is 2.68 bits per heavy atom. The van der Waals surface area contributed by atoms with Crippen LogP contribution in [0.3, 0.4) is 0 Å². The van der Waals surface area contributed by atoms with Crippen LogP contribution in [0.5, 0.6) is 0 Å². The van der Waals surface area contributed by atoms with Gasteiger partial charge in [0.15, 0.2) is 0 Å². The summed E-state index contributed by atoms with van der Waals surface area (Å²) in [5.41, 5.74) is 7.33. The highest BCUT2D eigenvalue weighted by Crippen LogP contribution is 2.23. The topological polar surface area (TPSA) is 72.6 Å². The molecule has 1 aromatic carbocycles. The number of hydrogen-bond acceptors (Lipinski definition) is 4. The summed E-state index contributed by atoms with van der Waals surface area (Å²) in [5, 5.41) is 0. The Bertz CT molecular complexity index is 480. The van der Waals surface area contributed by atoms with E-state index in [0.29, 0.717) is 30.8 Å². The first-order valence-electron chi connectivity index (χ1n) is 5.38. The van der Waals surface area contributed by atoms with Gasteiger partial charge in [0.25, 0.3) is 5.91 Å². The van der Waals surface area contributed by atoms with Gasteiger partial charge in [-0.1, -0.05) is 6.07 Å². The molecule has 1 aliphatic rings. The largest absolute Gasteiger partial charge is 0.465 e. The summed E-state index contributed by atoms with van der Waals surface area (Å²) in [4.78, 5) is 25.0. The summed E-state index contributed by atoms with van der Waals surface area (Å²) >= 11 is 0. The summed E-state index contributed by atoms with van der Waals surface area (Å²) < 4.78 is 4.62. The molecule has 1 aromatic rings. The first kappa shape index (κ1) is 17.7. The molecule has 0 aromatic heterocycles. The van der Waals surface area contributed by atoms with Gasteiger partial charge in [0, 0.05) is 25.2 Å². The number of hydrogen-bond donors (Lipinski definition) is 1. The van der Waals surface area contributed by atoms with Gasteiger partial charge in [0.2, 0.25) is 0 Å². The molecule has 0 saturated heterocycles. The number of methoxy groups -OCH3 is 1. The molecule has 0 spiro atoms. The quantitative estimate of drug-likeness (QED) is 0.853. The Morgan fingerprint density at radius 2 is 2.11 bits per heavy atom. The number of nitrogens with two attached hydrogens (primary N) is 1. The SMILES string of the molecule is COC(=O)c1ccc2c(c1)C(=O)N(CCN)C2.Cl.Cl. The molecular formula is C12H16Cl2N2O3. The lowest BCUT2D eigenvalue weighted by atomic mass is 10.1. The predicted molar refractivity (Wildman–Crippen MR) is 76.1 cm³/mol. The average molecular weight is 307 g/mol. The molecule has 2 N–H and O–H groups in total.